The Morgan fingerprint density at radius 3 is 2.84 bits per heavy atom. The Bertz CT molecular complexity index is 569. The number of thioether (sulfide) groups is 1. The number of ether oxygens (including phenoxy) is 1. The largest absolute Gasteiger partial charge is 0.504 e. The molecule has 1 aliphatic rings. The molecule has 1 N–H and O–H groups in total. The summed E-state index contributed by atoms with van der Waals surface area (Å²) in [7, 11) is 1.48. The summed E-state index contributed by atoms with van der Waals surface area (Å²) in [6, 6.07) is 4.93. The molecule has 0 atom stereocenters. The van der Waals surface area contributed by atoms with Gasteiger partial charge in [-0.3, -0.25) is 9.69 Å². The molecule has 0 spiro atoms. The number of phenols is 1. The number of nitrogens with zero attached hydrogens (tertiary/aromatic N) is 1. The van der Waals surface area contributed by atoms with Crippen LogP contribution in [0.2, 0.25) is 0 Å². The predicted octanol–water partition coefficient (Wildman–Crippen LogP) is 2.62. The fourth-order valence-electron chi connectivity index (χ4n) is 1.71. The van der Waals surface area contributed by atoms with Crippen LogP contribution in [0.1, 0.15) is 12.5 Å². The van der Waals surface area contributed by atoms with E-state index in [-0.39, 0.29) is 11.7 Å². The van der Waals surface area contributed by atoms with E-state index < -0.39 is 0 Å². The SMILES string of the molecule is CCN1C(=O)/C(=C\c2ccc(O)c(OC)c2)SC1=S. The monoisotopic (exact) mass is 295 g/mol. The van der Waals surface area contributed by atoms with Crippen LogP contribution in [0.25, 0.3) is 6.08 Å². The summed E-state index contributed by atoms with van der Waals surface area (Å²) in [5, 5.41) is 9.52. The highest BCUT2D eigenvalue weighted by Crippen LogP contribution is 2.34. The number of methoxy groups -OCH3 is 1. The van der Waals surface area contributed by atoms with Gasteiger partial charge in [0.1, 0.15) is 4.32 Å². The molecule has 0 radical (unpaired) electrons. The second-order valence-corrected chi connectivity index (χ2v) is 5.53. The summed E-state index contributed by atoms with van der Waals surface area (Å²) >= 11 is 6.43. The van der Waals surface area contributed by atoms with Crippen molar-refractivity contribution in [2.45, 2.75) is 6.92 Å². The normalized spacial score (nSPS) is 17.4. The van der Waals surface area contributed by atoms with Gasteiger partial charge in [-0.1, -0.05) is 30.0 Å². The van der Waals surface area contributed by atoms with Crippen LogP contribution in [-0.4, -0.2) is 33.9 Å². The van der Waals surface area contributed by atoms with Crippen LogP contribution in [0.5, 0.6) is 11.5 Å². The number of carbonyl (C=O) groups excluding carboxylic acids is 1. The summed E-state index contributed by atoms with van der Waals surface area (Å²) in [4.78, 5) is 14.2. The zero-order valence-corrected chi connectivity index (χ0v) is 12.2. The number of likely N-dealkylation sites (N-methyl/N-ethyl adjacent to an activating group) is 1. The molecule has 4 nitrogen and oxygen atoms in total. The average molecular weight is 295 g/mol. The smallest absolute Gasteiger partial charge is 0.266 e. The van der Waals surface area contributed by atoms with E-state index in [2.05, 4.69) is 0 Å². The molecule has 1 heterocycles. The topological polar surface area (TPSA) is 49.8 Å². The highest BCUT2D eigenvalue weighted by atomic mass is 32.2. The molecule has 100 valence electrons. The third kappa shape index (κ3) is 2.74. The van der Waals surface area contributed by atoms with E-state index in [1.807, 2.05) is 6.92 Å². The fraction of sp³-hybridized carbons (Fsp3) is 0.231. The number of amides is 1. The van der Waals surface area contributed by atoms with Crippen LogP contribution < -0.4 is 4.74 Å². The standard InChI is InChI=1S/C13H13NO3S2/c1-3-14-12(16)11(19-13(14)18)7-8-4-5-9(15)10(6-8)17-2/h4-7,15H,3H2,1-2H3/b11-7+. The Balaban J connectivity index is 2.32. The van der Waals surface area contributed by atoms with Crippen LogP contribution in [0, 0.1) is 0 Å². The average Bonchev–Trinajstić information content (AvgIpc) is 2.66. The van der Waals surface area contributed by atoms with Gasteiger partial charge in [-0.2, -0.15) is 0 Å². The van der Waals surface area contributed by atoms with E-state index in [1.54, 1.807) is 23.1 Å². The molecular formula is C13H13NO3S2. The quantitative estimate of drug-likeness (QED) is 0.686. The Labute approximate surface area is 121 Å². The molecule has 1 aromatic rings. The molecule has 1 amide bonds. The van der Waals surface area contributed by atoms with Crippen molar-refractivity contribution >= 4 is 40.3 Å². The number of phenolic OH excluding ortho intramolecular Hbond substituents is 1. The maximum atomic E-state index is 12.0. The van der Waals surface area contributed by atoms with Gasteiger partial charge in [-0.25, -0.2) is 0 Å². The molecule has 0 unspecified atom stereocenters. The Kier molecular flexibility index (Phi) is 4.11. The molecule has 2 rings (SSSR count). The molecule has 1 aromatic carbocycles. The molecule has 1 aliphatic heterocycles. The molecule has 0 aromatic heterocycles. The summed E-state index contributed by atoms with van der Waals surface area (Å²) in [5.41, 5.74) is 0.784. The maximum absolute atomic E-state index is 12.0. The molecule has 0 saturated carbocycles. The highest BCUT2D eigenvalue weighted by molar-refractivity contribution is 8.26. The summed E-state index contributed by atoms with van der Waals surface area (Å²) in [6.45, 7) is 2.46. The van der Waals surface area contributed by atoms with Crippen molar-refractivity contribution in [1.82, 2.24) is 4.90 Å². The highest BCUT2D eigenvalue weighted by Gasteiger charge is 2.30. The molecular weight excluding hydrogens is 282 g/mol. The molecule has 6 heteroatoms. The van der Waals surface area contributed by atoms with E-state index >= 15 is 0 Å². The van der Waals surface area contributed by atoms with Gasteiger partial charge >= 0.3 is 0 Å². The van der Waals surface area contributed by atoms with Gasteiger partial charge in [0.2, 0.25) is 0 Å². The van der Waals surface area contributed by atoms with Crippen molar-refractivity contribution in [3.8, 4) is 11.5 Å². The summed E-state index contributed by atoms with van der Waals surface area (Å²) in [5.74, 6) is 0.366. The van der Waals surface area contributed by atoms with Crippen LogP contribution in [0.4, 0.5) is 0 Å². The lowest BCUT2D eigenvalue weighted by molar-refractivity contribution is -0.121. The minimum absolute atomic E-state index is 0.0701. The van der Waals surface area contributed by atoms with Gasteiger partial charge < -0.3 is 9.84 Å². The summed E-state index contributed by atoms with van der Waals surface area (Å²) in [6.07, 6.45) is 1.75. The lowest BCUT2D eigenvalue weighted by Gasteiger charge is -2.09. The zero-order valence-electron chi connectivity index (χ0n) is 10.5. The van der Waals surface area contributed by atoms with Gasteiger partial charge in [0.15, 0.2) is 11.5 Å². The third-order valence-electron chi connectivity index (χ3n) is 2.69. The van der Waals surface area contributed by atoms with E-state index in [9.17, 15) is 9.90 Å². The zero-order chi connectivity index (χ0) is 14.0. The van der Waals surface area contributed by atoms with E-state index in [1.165, 1.54) is 24.9 Å². The molecule has 0 aliphatic carbocycles. The van der Waals surface area contributed by atoms with Crippen molar-refractivity contribution in [3.63, 3.8) is 0 Å². The first-order valence-corrected chi connectivity index (χ1v) is 6.91. The van der Waals surface area contributed by atoms with Gasteiger partial charge in [-0.05, 0) is 30.7 Å². The van der Waals surface area contributed by atoms with Crippen molar-refractivity contribution < 1.29 is 14.6 Å². The molecule has 19 heavy (non-hydrogen) atoms. The van der Waals surface area contributed by atoms with Gasteiger partial charge in [0.25, 0.3) is 5.91 Å². The molecule has 1 fully saturated rings. The first kappa shape index (κ1) is 13.9. The van der Waals surface area contributed by atoms with Gasteiger partial charge in [0, 0.05) is 6.54 Å². The van der Waals surface area contributed by atoms with Crippen molar-refractivity contribution in [1.29, 1.82) is 0 Å². The lowest BCUT2D eigenvalue weighted by Crippen LogP contribution is -2.27. The minimum atomic E-state index is -0.0791. The van der Waals surface area contributed by atoms with Crippen molar-refractivity contribution in [3.05, 3.63) is 28.7 Å². The molecule has 1 saturated heterocycles. The number of aromatic hydroxyl groups is 1. The number of hydrogen-bond acceptors (Lipinski definition) is 5. The number of hydrogen-bond donors (Lipinski definition) is 1. The van der Waals surface area contributed by atoms with Crippen LogP contribution in [0.15, 0.2) is 23.1 Å². The van der Waals surface area contributed by atoms with Crippen molar-refractivity contribution in [2.24, 2.45) is 0 Å². The molecule has 0 bridgehead atoms. The number of thiocarbonyl (C=S) groups is 1. The van der Waals surface area contributed by atoms with Crippen LogP contribution in [-0.2, 0) is 4.79 Å². The van der Waals surface area contributed by atoms with Gasteiger partial charge in [-0.15, -0.1) is 0 Å². The third-order valence-corrected chi connectivity index (χ3v) is 4.07. The number of rotatable bonds is 3. The Morgan fingerprint density at radius 2 is 2.26 bits per heavy atom. The van der Waals surface area contributed by atoms with Crippen molar-refractivity contribution in [2.75, 3.05) is 13.7 Å². The van der Waals surface area contributed by atoms with E-state index in [0.717, 1.165) is 5.56 Å². The van der Waals surface area contributed by atoms with E-state index in [4.69, 9.17) is 17.0 Å². The minimum Gasteiger partial charge on any atom is -0.504 e. The lowest BCUT2D eigenvalue weighted by atomic mass is 10.2. The number of carbonyl (C=O) groups is 1. The summed E-state index contributed by atoms with van der Waals surface area (Å²) < 4.78 is 5.61. The van der Waals surface area contributed by atoms with Crippen LogP contribution >= 0.6 is 24.0 Å². The number of benzene rings is 1. The van der Waals surface area contributed by atoms with Gasteiger partial charge in [0.05, 0.1) is 12.0 Å². The first-order chi connectivity index (χ1) is 9.06. The van der Waals surface area contributed by atoms with Crippen LogP contribution in [0.3, 0.4) is 0 Å². The predicted molar refractivity (Wildman–Crippen MR) is 80.2 cm³/mol. The first-order valence-electron chi connectivity index (χ1n) is 5.69. The second-order valence-electron chi connectivity index (χ2n) is 3.86. The Hall–Kier alpha value is -1.53. The fourth-order valence-corrected chi connectivity index (χ4v) is 3.09. The van der Waals surface area contributed by atoms with E-state index in [0.29, 0.717) is 21.5 Å². The maximum Gasteiger partial charge on any atom is 0.266 e. The second kappa shape index (κ2) is 5.63. The Morgan fingerprint density at radius 1 is 1.53 bits per heavy atom.